The minimum absolute atomic E-state index is 0.480. The fourth-order valence-electron chi connectivity index (χ4n) is 1.50. The van der Waals surface area contributed by atoms with E-state index in [2.05, 4.69) is 42.2 Å². The van der Waals surface area contributed by atoms with E-state index >= 15 is 0 Å². The second-order valence-electron chi connectivity index (χ2n) is 3.20. The molecule has 2 heteroatoms. The van der Waals surface area contributed by atoms with Crippen molar-refractivity contribution in [2.45, 2.75) is 12.8 Å². The quantitative estimate of drug-likeness (QED) is 0.700. The largest absolute Gasteiger partial charge is 0.281 e. The molecule has 0 N–H and O–H groups in total. The summed E-state index contributed by atoms with van der Waals surface area (Å²) in [5, 5.41) is 1.30. The monoisotopic (exact) mass is 191 g/mol. The minimum atomic E-state index is 0.480. The van der Waals surface area contributed by atoms with Gasteiger partial charge < -0.3 is 0 Å². The first-order chi connectivity index (χ1) is 6.38. The number of nitrogens with zero attached hydrogens (tertiary/aromatic N) is 1. The Labute approximate surface area is 83.3 Å². The summed E-state index contributed by atoms with van der Waals surface area (Å²) in [6.45, 7) is 3.23. The van der Waals surface area contributed by atoms with Crippen LogP contribution in [0.1, 0.15) is 18.4 Å². The van der Waals surface area contributed by atoms with Gasteiger partial charge in [-0.1, -0.05) is 37.3 Å². The Hall–Kier alpha value is -0.760. The molecular weight excluding hydrogens is 178 g/mol. The van der Waals surface area contributed by atoms with E-state index in [1.54, 1.807) is 0 Å². The molecule has 1 unspecified atom stereocenters. The maximum absolute atomic E-state index is 4.49. The summed E-state index contributed by atoms with van der Waals surface area (Å²) in [6.07, 6.45) is 0. The first-order valence-corrected chi connectivity index (χ1v) is 5.58. The van der Waals surface area contributed by atoms with Gasteiger partial charge in [-0.05, 0) is 5.56 Å². The van der Waals surface area contributed by atoms with Crippen molar-refractivity contribution in [3.63, 3.8) is 0 Å². The second-order valence-corrected chi connectivity index (χ2v) is 4.32. The Morgan fingerprint density at radius 2 is 2.08 bits per heavy atom. The molecule has 13 heavy (non-hydrogen) atoms. The van der Waals surface area contributed by atoms with Crippen LogP contribution in [0.5, 0.6) is 0 Å². The standard InChI is InChI=1S/C11H13NS/c1-9(11-12-7-8-13-11)10-5-3-2-4-6-10/h2-6,9H,7-8H2,1H3. The Kier molecular flexibility index (Phi) is 2.69. The van der Waals surface area contributed by atoms with E-state index in [0.29, 0.717) is 5.92 Å². The zero-order chi connectivity index (χ0) is 9.10. The first kappa shape index (κ1) is 8.82. The van der Waals surface area contributed by atoms with Gasteiger partial charge in [0.1, 0.15) is 0 Å². The van der Waals surface area contributed by atoms with Crippen LogP contribution in [-0.4, -0.2) is 17.3 Å². The summed E-state index contributed by atoms with van der Waals surface area (Å²) >= 11 is 1.90. The van der Waals surface area contributed by atoms with Gasteiger partial charge in [-0.15, -0.1) is 11.8 Å². The molecule has 1 aromatic rings. The van der Waals surface area contributed by atoms with Gasteiger partial charge in [-0.3, -0.25) is 4.99 Å². The zero-order valence-corrected chi connectivity index (χ0v) is 8.55. The number of thioether (sulfide) groups is 1. The van der Waals surface area contributed by atoms with Crippen molar-refractivity contribution in [1.29, 1.82) is 0 Å². The van der Waals surface area contributed by atoms with Crippen LogP contribution in [0.15, 0.2) is 35.3 Å². The van der Waals surface area contributed by atoms with Crippen LogP contribution in [0.25, 0.3) is 0 Å². The molecule has 0 fully saturated rings. The fourth-order valence-corrected chi connectivity index (χ4v) is 2.46. The lowest BCUT2D eigenvalue weighted by molar-refractivity contribution is 1.02. The number of aliphatic imine (C=N–C) groups is 1. The van der Waals surface area contributed by atoms with Crippen LogP contribution in [0.2, 0.25) is 0 Å². The Morgan fingerprint density at radius 1 is 1.31 bits per heavy atom. The molecule has 1 aromatic carbocycles. The van der Waals surface area contributed by atoms with E-state index in [9.17, 15) is 0 Å². The van der Waals surface area contributed by atoms with E-state index in [1.807, 2.05) is 11.8 Å². The molecule has 0 aliphatic carbocycles. The summed E-state index contributed by atoms with van der Waals surface area (Å²) in [5.41, 5.74) is 1.37. The molecule has 0 amide bonds. The van der Waals surface area contributed by atoms with Crippen LogP contribution in [-0.2, 0) is 0 Å². The summed E-state index contributed by atoms with van der Waals surface area (Å²) < 4.78 is 0. The van der Waals surface area contributed by atoms with Crippen LogP contribution < -0.4 is 0 Å². The molecule has 68 valence electrons. The van der Waals surface area contributed by atoms with E-state index < -0.39 is 0 Å². The van der Waals surface area contributed by atoms with Crippen LogP contribution in [0.3, 0.4) is 0 Å². The topological polar surface area (TPSA) is 12.4 Å². The van der Waals surface area contributed by atoms with Crippen LogP contribution >= 0.6 is 11.8 Å². The molecule has 0 radical (unpaired) electrons. The highest BCUT2D eigenvalue weighted by atomic mass is 32.2. The van der Waals surface area contributed by atoms with E-state index in [0.717, 1.165) is 12.3 Å². The molecular formula is C11H13NS. The lowest BCUT2D eigenvalue weighted by Gasteiger charge is -2.10. The molecule has 1 nitrogen and oxygen atoms in total. The SMILES string of the molecule is CC(C1=NCCS1)c1ccccc1. The predicted molar refractivity (Wildman–Crippen MR) is 59.6 cm³/mol. The normalized spacial score (nSPS) is 18.4. The third-order valence-electron chi connectivity index (χ3n) is 2.28. The van der Waals surface area contributed by atoms with Gasteiger partial charge >= 0.3 is 0 Å². The fraction of sp³-hybridized carbons (Fsp3) is 0.364. The molecule has 0 bridgehead atoms. The molecule has 0 aromatic heterocycles. The van der Waals surface area contributed by atoms with Gasteiger partial charge in [0.25, 0.3) is 0 Å². The summed E-state index contributed by atoms with van der Waals surface area (Å²) in [6, 6.07) is 10.6. The maximum atomic E-state index is 4.49. The average molecular weight is 191 g/mol. The smallest absolute Gasteiger partial charge is 0.0749 e. The van der Waals surface area contributed by atoms with Gasteiger partial charge in [-0.25, -0.2) is 0 Å². The Balaban J connectivity index is 2.17. The van der Waals surface area contributed by atoms with Gasteiger partial charge in [0.05, 0.1) is 5.04 Å². The highest BCUT2D eigenvalue weighted by Crippen LogP contribution is 2.26. The van der Waals surface area contributed by atoms with Gasteiger partial charge in [0.2, 0.25) is 0 Å². The van der Waals surface area contributed by atoms with Crippen molar-refractivity contribution >= 4 is 16.8 Å². The van der Waals surface area contributed by atoms with E-state index in [-0.39, 0.29) is 0 Å². The van der Waals surface area contributed by atoms with Crippen LogP contribution in [0, 0.1) is 0 Å². The molecule has 1 heterocycles. The third kappa shape index (κ3) is 1.94. The Morgan fingerprint density at radius 3 is 2.69 bits per heavy atom. The molecule has 2 rings (SSSR count). The van der Waals surface area contributed by atoms with E-state index in [4.69, 9.17) is 0 Å². The second kappa shape index (κ2) is 3.97. The lowest BCUT2D eigenvalue weighted by atomic mass is 10.0. The summed E-state index contributed by atoms with van der Waals surface area (Å²) in [5.74, 6) is 1.64. The number of benzene rings is 1. The van der Waals surface area contributed by atoms with Crippen molar-refractivity contribution < 1.29 is 0 Å². The number of hydrogen-bond donors (Lipinski definition) is 0. The van der Waals surface area contributed by atoms with E-state index in [1.165, 1.54) is 10.6 Å². The third-order valence-corrected chi connectivity index (χ3v) is 3.44. The zero-order valence-electron chi connectivity index (χ0n) is 7.73. The van der Waals surface area contributed by atoms with Gasteiger partial charge in [0.15, 0.2) is 0 Å². The van der Waals surface area contributed by atoms with Gasteiger partial charge in [0, 0.05) is 18.2 Å². The average Bonchev–Trinajstić information content (AvgIpc) is 2.71. The number of hydrogen-bond acceptors (Lipinski definition) is 2. The first-order valence-electron chi connectivity index (χ1n) is 4.60. The molecule has 0 saturated heterocycles. The van der Waals surface area contributed by atoms with Crippen molar-refractivity contribution in [2.75, 3.05) is 12.3 Å². The molecule has 0 spiro atoms. The molecule has 1 atom stereocenters. The molecule has 1 aliphatic rings. The predicted octanol–water partition coefficient (Wildman–Crippen LogP) is 2.94. The minimum Gasteiger partial charge on any atom is -0.281 e. The van der Waals surface area contributed by atoms with Crippen molar-refractivity contribution in [3.05, 3.63) is 35.9 Å². The maximum Gasteiger partial charge on any atom is 0.0749 e. The number of rotatable bonds is 2. The Bertz CT molecular complexity index is 305. The summed E-state index contributed by atoms with van der Waals surface area (Å²) in [7, 11) is 0. The molecule has 1 aliphatic heterocycles. The highest BCUT2D eigenvalue weighted by Gasteiger charge is 2.16. The highest BCUT2D eigenvalue weighted by molar-refractivity contribution is 8.14. The van der Waals surface area contributed by atoms with Gasteiger partial charge in [-0.2, -0.15) is 0 Å². The molecule has 0 saturated carbocycles. The van der Waals surface area contributed by atoms with Crippen molar-refractivity contribution in [3.8, 4) is 0 Å². The van der Waals surface area contributed by atoms with Crippen molar-refractivity contribution in [2.24, 2.45) is 4.99 Å². The lowest BCUT2D eigenvalue weighted by Crippen LogP contribution is -2.02. The summed E-state index contributed by atoms with van der Waals surface area (Å²) in [4.78, 5) is 4.49. The van der Waals surface area contributed by atoms with Crippen LogP contribution in [0.4, 0.5) is 0 Å². The van der Waals surface area contributed by atoms with Crippen molar-refractivity contribution in [1.82, 2.24) is 0 Å².